The van der Waals surface area contributed by atoms with E-state index in [0.29, 0.717) is 11.1 Å². The van der Waals surface area contributed by atoms with E-state index in [4.69, 9.17) is 5.73 Å². The number of carbonyl (C=O) groups is 3. The number of fused-ring (bicyclic) bond motifs is 3. The van der Waals surface area contributed by atoms with Crippen LogP contribution in [-0.2, 0) is 14.4 Å². The van der Waals surface area contributed by atoms with Crippen LogP contribution in [0.3, 0.4) is 0 Å². The van der Waals surface area contributed by atoms with Crippen molar-refractivity contribution in [2.45, 2.75) is 23.7 Å². The van der Waals surface area contributed by atoms with Gasteiger partial charge in [-0.05, 0) is 31.3 Å². The number of primary amides is 1. The zero-order chi connectivity index (χ0) is 27.0. The maximum atomic E-state index is 14.1. The molecule has 3 aliphatic carbocycles. The number of phenolic OH excluding ortho intramolecular Hbond substituents is 1. The van der Waals surface area contributed by atoms with Crippen molar-refractivity contribution >= 4 is 23.2 Å². The van der Waals surface area contributed by atoms with Crippen LogP contribution >= 0.6 is 0 Å². The van der Waals surface area contributed by atoms with Crippen LogP contribution in [0.25, 0.3) is 5.76 Å². The summed E-state index contributed by atoms with van der Waals surface area (Å²) in [4.78, 5) is 40.8. The number of aromatic hydroxyl groups is 1. The summed E-state index contributed by atoms with van der Waals surface area (Å²) in [5, 5.41) is 56.5. The molecule has 2 aromatic rings. The van der Waals surface area contributed by atoms with Gasteiger partial charge in [0.15, 0.2) is 11.4 Å². The van der Waals surface area contributed by atoms with Gasteiger partial charge in [0, 0.05) is 17.4 Å². The lowest BCUT2D eigenvalue weighted by Crippen LogP contribution is -2.70. The maximum absolute atomic E-state index is 14.1. The first kappa shape index (κ1) is 24.7. The van der Waals surface area contributed by atoms with Gasteiger partial charge < -0.3 is 31.3 Å². The molecule has 5 rings (SSSR count). The van der Waals surface area contributed by atoms with Gasteiger partial charge >= 0.3 is 0 Å². The Morgan fingerprint density at radius 1 is 1.00 bits per heavy atom. The molecule has 0 unspecified atom stereocenters. The van der Waals surface area contributed by atoms with Gasteiger partial charge in [-0.3, -0.25) is 19.3 Å². The van der Waals surface area contributed by atoms with E-state index >= 15 is 0 Å². The minimum atomic E-state index is -2.95. The van der Waals surface area contributed by atoms with Gasteiger partial charge in [0.2, 0.25) is 5.78 Å². The summed E-state index contributed by atoms with van der Waals surface area (Å²) in [5.74, 6) is -9.33. The van der Waals surface area contributed by atoms with Gasteiger partial charge in [-0.25, -0.2) is 0 Å². The lowest BCUT2D eigenvalue weighted by Gasteiger charge is -2.54. The number of ketones is 2. The molecule has 2 aromatic carbocycles. The Kier molecular flexibility index (Phi) is 5.52. The van der Waals surface area contributed by atoms with E-state index in [1.54, 1.807) is 42.5 Å². The first-order valence-corrected chi connectivity index (χ1v) is 11.6. The number of nitrogens with two attached hydrogens (primary N) is 1. The molecule has 0 radical (unpaired) electrons. The number of hydrogen-bond acceptors (Lipinski definition) is 9. The molecule has 0 aliphatic heterocycles. The minimum Gasteiger partial charge on any atom is -0.508 e. The number of aliphatic hydroxyl groups excluding tert-OH is 3. The standard InChI is InChI=1S/C27H26N2O8/c1-29(2)20-19-22(32)16-14(11-7-4-3-5-8-11)12-9-6-10-13(30)15(12)21(31)17(16)24(34)27(19,37)25(35)18(23(20)33)26(28)36/h3-10,14,16,19-20,22,30-32,35,37H,1-2H3,(H2,28,36)/t14-,16-,19-,20+,22+,27+/m1/s1. The predicted molar refractivity (Wildman–Crippen MR) is 130 cm³/mol. The zero-order valence-electron chi connectivity index (χ0n) is 20.0. The molecule has 0 heterocycles. The molecule has 10 heteroatoms. The van der Waals surface area contributed by atoms with E-state index in [9.17, 15) is 39.9 Å². The molecule has 37 heavy (non-hydrogen) atoms. The van der Waals surface area contributed by atoms with Gasteiger partial charge in [-0.2, -0.15) is 0 Å². The zero-order valence-corrected chi connectivity index (χ0v) is 20.0. The van der Waals surface area contributed by atoms with Crippen molar-refractivity contribution in [1.29, 1.82) is 0 Å². The number of likely N-dealkylation sites (N-methyl/N-ethyl adjacent to an activating group) is 1. The van der Waals surface area contributed by atoms with Gasteiger partial charge in [0.05, 0.1) is 23.6 Å². The predicted octanol–water partition coefficient (Wildman–Crippen LogP) is 0.524. The second-order valence-corrected chi connectivity index (χ2v) is 9.89. The van der Waals surface area contributed by atoms with E-state index in [0.717, 1.165) is 0 Å². The van der Waals surface area contributed by atoms with Gasteiger partial charge in [0.25, 0.3) is 5.91 Å². The lowest BCUT2D eigenvalue weighted by molar-refractivity contribution is -0.169. The highest BCUT2D eigenvalue weighted by Crippen LogP contribution is 2.57. The Balaban J connectivity index is 1.87. The summed E-state index contributed by atoms with van der Waals surface area (Å²) < 4.78 is 0. The Morgan fingerprint density at radius 3 is 2.24 bits per heavy atom. The fourth-order valence-corrected chi connectivity index (χ4v) is 6.32. The average molecular weight is 507 g/mol. The molecule has 0 spiro atoms. The number of carbonyl (C=O) groups excluding carboxylic acids is 3. The molecular weight excluding hydrogens is 480 g/mol. The highest BCUT2D eigenvalue weighted by molar-refractivity contribution is 6.24. The Labute approximate surface area is 211 Å². The quantitative estimate of drug-likeness (QED) is 0.323. The van der Waals surface area contributed by atoms with E-state index in [-0.39, 0.29) is 11.3 Å². The molecule has 3 aliphatic rings. The molecule has 10 nitrogen and oxygen atoms in total. The van der Waals surface area contributed by atoms with Crippen molar-refractivity contribution < 1.29 is 39.9 Å². The first-order chi connectivity index (χ1) is 17.4. The molecule has 0 saturated heterocycles. The van der Waals surface area contributed by atoms with Crippen LogP contribution in [0.4, 0.5) is 0 Å². The summed E-state index contributed by atoms with van der Waals surface area (Å²) in [6.45, 7) is 0. The number of aliphatic hydroxyl groups is 4. The fraction of sp³-hybridized carbons (Fsp3) is 0.296. The van der Waals surface area contributed by atoms with E-state index in [2.05, 4.69) is 0 Å². The molecule has 192 valence electrons. The summed E-state index contributed by atoms with van der Waals surface area (Å²) in [6, 6.07) is 11.9. The summed E-state index contributed by atoms with van der Waals surface area (Å²) in [6.07, 6.45) is -1.67. The first-order valence-electron chi connectivity index (χ1n) is 11.6. The van der Waals surface area contributed by atoms with Crippen molar-refractivity contribution in [2.24, 2.45) is 17.6 Å². The maximum Gasteiger partial charge on any atom is 0.255 e. The van der Waals surface area contributed by atoms with Crippen molar-refractivity contribution in [3.8, 4) is 5.75 Å². The molecule has 1 amide bonds. The SMILES string of the molecule is CN(C)[C@@H]1C(=O)C(C(N)=O)=C(O)[C@@]2(O)C(=O)C3=C(O)c4c(O)cccc4[C@@H](c4ccccc4)[C@H]3[C@H](O)[C@@H]12. The second kappa shape index (κ2) is 8.27. The molecule has 6 atom stereocenters. The third kappa shape index (κ3) is 3.13. The van der Waals surface area contributed by atoms with Crippen molar-refractivity contribution in [3.05, 3.63) is 82.1 Å². The van der Waals surface area contributed by atoms with Crippen LogP contribution in [0.5, 0.6) is 5.75 Å². The summed E-state index contributed by atoms with van der Waals surface area (Å²) >= 11 is 0. The van der Waals surface area contributed by atoms with Crippen molar-refractivity contribution in [1.82, 2.24) is 4.90 Å². The molecule has 1 fully saturated rings. The second-order valence-electron chi connectivity index (χ2n) is 9.89. The van der Waals surface area contributed by atoms with Crippen LogP contribution in [0, 0.1) is 11.8 Å². The topological polar surface area (TPSA) is 182 Å². The monoisotopic (exact) mass is 506 g/mol. The summed E-state index contributed by atoms with van der Waals surface area (Å²) in [7, 11) is 2.93. The van der Waals surface area contributed by atoms with Crippen LogP contribution in [0.15, 0.2) is 65.4 Å². The van der Waals surface area contributed by atoms with E-state index < -0.39 is 75.6 Å². The Bertz CT molecular complexity index is 1410. The van der Waals surface area contributed by atoms with Crippen LogP contribution in [-0.4, -0.2) is 79.7 Å². The number of rotatable bonds is 3. The minimum absolute atomic E-state index is 0.0557. The van der Waals surface area contributed by atoms with Crippen LogP contribution < -0.4 is 5.73 Å². The number of amides is 1. The van der Waals surface area contributed by atoms with Crippen LogP contribution in [0.2, 0.25) is 0 Å². The number of benzene rings is 2. The molecule has 0 aromatic heterocycles. The Hall–Kier alpha value is -3.99. The van der Waals surface area contributed by atoms with Gasteiger partial charge in [0.1, 0.15) is 22.8 Å². The Morgan fingerprint density at radius 2 is 1.65 bits per heavy atom. The average Bonchev–Trinajstić information content (AvgIpc) is 2.84. The third-order valence-electron chi connectivity index (χ3n) is 7.82. The number of nitrogens with zero attached hydrogens (tertiary/aromatic N) is 1. The number of phenols is 1. The molecule has 1 saturated carbocycles. The van der Waals surface area contributed by atoms with Gasteiger partial charge in [-0.1, -0.05) is 42.5 Å². The normalized spacial score (nSPS) is 31.2. The van der Waals surface area contributed by atoms with Crippen molar-refractivity contribution in [2.75, 3.05) is 14.1 Å². The molecule has 7 N–H and O–H groups in total. The lowest BCUT2D eigenvalue weighted by atomic mass is 9.53. The smallest absolute Gasteiger partial charge is 0.255 e. The van der Waals surface area contributed by atoms with Gasteiger partial charge in [-0.15, -0.1) is 0 Å². The number of Topliss-reactive ketones (excluding diaryl/α,β-unsaturated/α-hetero) is 2. The van der Waals surface area contributed by atoms with Crippen molar-refractivity contribution in [3.63, 3.8) is 0 Å². The highest BCUT2D eigenvalue weighted by atomic mass is 16.4. The van der Waals surface area contributed by atoms with Crippen LogP contribution in [0.1, 0.15) is 22.6 Å². The largest absolute Gasteiger partial charge is 0.508 e. The molecule has 0 bridgehead atoms. The molecular formula is C27H26N2O8. The van der Waals surface area contributed by atoms with E-state index in [1.165, 1.54) is 25.1 Å². The third-order valence-corrected chi connectivity index (χ3v) is 7.82. The van der Waals surface area contributed by atoms with E-state index in [1.807, 2.05) is 0 Å². The summed E-state index contributed by atoms with van der Waals surface area (Å²) in [5.41, 5.74) is 2.02. The fourth-order valence-electron chi connectivity index (χ4n) is 6.32. The highest BCUT2D eigenvalue weighted by Gasteiger charge is 2.68. The number of hydrogen-bond donors (Lipinski definition) is 6.